The number of nitriles is 1. The SMILES string of the molecule is CCOC(=O)c1cc(-c2ccc(C3(C#N)CCN(C(=O)OC(C)(C)C)CC3)cc2)c2c(OC(C)C)nn(C3CCCCC3)c2n1. The predicted molar refractivity (Wildman–Crippen MR) is 171 cm³/mol. The number of hydrogen-bond acceptors (Lipinski definition) is 8. The van der Waals surface area contributed by atoms with Crippen LogP contribution in [0.2, 0.25) is 0 Å². The van der Waals surface area contributed by atoms with Crippen molar-refractivity contribution in [3.63, 3.8) is 0 Å². The zero-order valence-electron chi connectivity index (χ0n) is 27.4. The molecule has 10 nitrogen and oxygen atoms in total. The first-order valence-electron chi connectivity index (χ1n) is 16.2. The molecule has 0 unspecified atom stereocenters. The van der Waals surface area contributed by atoms with E-state index in [0.717, 1.165) is 47.8 Å². The summed E-state index contributed by atoms with van der Waals surface area (Å²) in [6.45, 7) is 12.4. The van der Waals surface area contributed by atoms with Gasteiger partial charge in [-0.3, -0.25) is 0 Å². The number of fused-ring (bicyclic) bond motifs is 1. The van der Waals surface area contributed by atoms with Crippen LogP contribution in [0.25, 0.3) is 22.2 Å². The molecule has 3 aromatic rings. The first-order valence-corrected chi connectivity index (χ1v) is 16.2. The van der Waals surface area contributed by atoms with Crippen molar-refractivity contribution in [2.75, 3.05) is 19.7 Å². The van der Waals surface area contributed by atoms with Gasteiger partial charge in [0.05, 0.1) is 35.6 Å². The summed E-state index contributed by atoms with van der Waals surface area (Å²) in [6.07, 6.45) is 5.99. The molecule has 10 heteroatoms. The number of piperidine rings is 1. The Balaban J connectivity index is 1.53. The number of likely N-dealkylation sites (tertiary alicyclic amines) is 1. The molecule has 0 bridgehead atoms. The molecule has 1 saturated heterocycles. The Bertz CT molecular complexity index is 1570. The van der Waals surface area contributed by atoms with Gasteiger partial charge in [0.25, 0.3) is 0 Å². The summed E-state index contributed by atoms with van der Waals surface area (Å²) < 4.78 is 19.1. The molecule has 240 valence electrons. The Kier molecular flexibility index (Phi) is 9.38. The number of nitrogens with zero attached hydrogens (tertiary/aromatic N) is 5. The van der Waals surface area contributed by atoms with Crippen LogP contribution >= 0.6 is 0 Å². The molecule has 2 aliphatic rings. The number of benzene rings is 1. The normalized spacial score (nSPS) is 17.2. The van der Waals surface area contributed by atoms with E-state index in [2.05, 4.69) is 6.07 Å². The van der Waals surface area contributed by atoms with Gasteiger partial charge in [0.1, 0.15) is 5.60 Å². The van der Waals surface area contributed by atoms with Crippen molar-refractivity contribution in [2.24, 2.45) is 0 Å². The summed E-state index contributed by atoms with van der Waals surface area (Å²) in [7, 11) is 0. The van der Waals surface area contributed by atoms with Crippen molar-refractivity contribution in [2.45, 2.75) is 110 Å². The standard InChI is InChI=1S/C35H45N5O5/c1-7-43-32(41)28-21-27(29-30(37-28)40(26-11-9-8-10-12-26)38-31(29)44-23(2)3)24-13-15-25(16-14-24)35(22-36)17-19-39(20-18-35)33(42)45-34(4,5)6/h13-16,21,23,26H,7-12,17-20H2,1-6H3. The number of ether oxygens (including phenoxy) is 3. The van der Waals surface area contributed by atoms with E-state index in [0.29, 0.717) is 37.5 Å². The molecule has 0 atom stereocenters. The minimum absolute atomic E-state index is 0.107. The second-order valence-electron chi connectivity index (χ2n) is 13.4. The third-order valence-electron chi connectivity index (χ3n) is 8.61. The van der Waals surface area contributed by atoms with Crippen LogP contribution in [-0.2, 0) is 14.9 Å². The first-order chi connectivity index (χ1) is 21.4. The van der Waals surface area contributed by atoms with Crippen molar-refractivity contribution < 1.29 is 23.8 Å². The molecule has 2 aromatic heterocycles. The second kappa shape index (κ2) is 13.1. The fourth-order valence-corrected chi connectivity index (χ4v) is 6.36. The van der Waals surface area contributed by atoms with E-state index >= 15 is 0 Å². The number of carbonyl (C=O) groups is 2. The lowest BCUT2D eigenvalue weighted by molar-refractivity contribution is 0.0185. The molecule has 1 aromatic carbocycles. The van der Waals surface area contributed by atoms with Crippen LogP contribution in [0.3, 0.4) is 0 Å². The van der Waals surface area contributed by atoms with Crippen LogP contribution in [-0.4, -0.2) is 63.1 Å². The van der Waals surface area contributed by atoms with Gasteiger partial charge in [0.15, 0.2) is 11.3 Å². The summed E-state index contributed by atoms with van der Waals surface area (Å²) in [6, 6.07) is 12.4. The fourth-order valence-electron chi connectivity index (χ4n) is 6.36. The maximum atomic E-state index is 13.0. The monoisotopic (exact) mass is 615 g/mol. The van der Waals surface area contributed by atoms with Crippen LogP contribution in [0.5, 0.6) is 5.88 Å². The molecule has 5 rings (SSSR count). The van der Waals surface area contributed by atoms with Gasteiger partial charge in [-0.25, -0.2) is 19.3 Å². The van der Waals surface area contributed by atoms with E-state index in [-0.39, 0.29) is 30.5 Å². The van der Waals surface area contributed by atoms with E-state index in [1.165, 1.54) is 6.42 Å². The van der Waals surface area contributed by atoms with Gasteiger partial charge in [-0.05, 0) is 84.4 Å². The molecule has 1 aliphatic heterocycles. The third-order valence-corrected chi connectivity index (χ3v) is 8.61. The Morgan fingerprint density at radius 3 is 2.33 bits per heavy atom. The van der Waals surface area contributed by atoms with Gasteiger partial charge < -0.3 is 19.1 Å². The molecule has 1 aliphatic carbocycles. The van der Waals surface area contributed by atoms with E-state index in [1.54, 1.807) is 17.9 Å². The highest BCUT2D eigenvalue weighted by atomic mass is 16.6. The summed E-state index contributed by atoms with van der Waals surface area (Å²) in [4.78, 5) is 32.1. The van der Waals surface area contributed by atoms with Crippen molar-refractivity contribution in [1.82, 2.24) is 19.7 Å². The molecular formula is C35H45N5O5. The molecule has 0 spiro atoms. The lowest BCUT2D eigenvalue weighted by Gasteiger charge is -2.38. The summed E-state index contributed by atoms with van der Waals surface area (Å²) in [5, 5.41) is 16.1. The molecule has 1 saturated carbocycles. The highest BCUT2D eigenvalue weighted by molar-refractivity contribution is 6.01. The maximum absolute atomic E-state index is 13.0. The lowest BCUT2D eigenvalue weighted by Crippen LogP contribution is -2.46. The maximum Gasteiger partial charge on any atom is 0.410 e. The van der Waals surface area contributed by atoms with Crippen molar-refractivity contribution in [3.8, 4) is 23.1 Å². The van der Waals surface area contributed by atoms with Gasteiger partial charge in [0.2, 0.25) is 5.88 Å². The Morgan fingerprint density at radius 1 is 1.09 bits per heavy atom. The quantitative estimate of drug-likeness (QED) is 0.253. The van der Waals surface area contributed by atoms with E-state index in [1.807, 2.05) is 63.6 Å². The lowest BCUT2D eigenvalue weighted by atomic mass is 9.74. The van der Waals surface area contributed by atoms with E-state index in [4.69, 9.17) is 24.3 Å². The van der Waals surface area contributed by atoms with Crippen molar-refractivity contribution >= 4 is 23.1 Å². The summed E-state index contributed by atoms with van der Waals surface area (Å²) in [5.74, 6) is 0.00995. The van der Waals surface area contributed by atoms with E-state index in [9.17, 15) is 14.9 Å². The zero-order chi connectivity index (χ0) is 32.4. The largest absolute Gasteiger partial charge is 0.473 e. The smallest absolute Gasteiger partial charge is 0.410 e. The van der Waals surface area contributed by atoms with Crippen molar-refractivity contribution in [3.05, 3.63) is 41.6 Å². The zero-order valence-corrected chi connectivity index (χ0v) is 27.4. The van der Waals surface area contributed by atoms with Crippen LogP contribution in [0.1, 0.15) is 109 Å². The minimum atomic E-state index is -0.724. The number of esters is 1. The average molecular weight is 616 g/mol. The number of rotatable bonds is 7. The average Bonchev–Trinajstić information content (AvgIpc) is 3.38. The number of pyridine rings is 1. The predicted octanol–water partition coefficient (Wildman–Crippen LogP) is 7.36. The topological polar surface area (TPSA) is 120 Å². The molecule has 2 fully saturated rings. The minimum Gasteiger partial charge on any atom is -0.473 e. The summed E-state index contributed by atoms with van der Waals surface area (Å²) >= 11 is 0. The van der Waals surface area contributed by atoms with Gasteiger partial charge in [-0.2, -0.15) is 5.26 Å². The second-order valence-corrected chi connectivity index (χ2v) is 13.4. The first kappa shape index (κ1) is 32.3. The Labute approximate surface area is 265 Å². The number of aromatic nitrogens is 3. The number of amides is 1. The van der Waals surface area contributed by atoms with Crippen LogP contribution in [0.15, 0.2) is 30.3 Å². The van der Waals surface area contributed by atoms with Crippen LogP contribution in [0, 0.1) is 11.3 Å². The van der Waals surface area contributed by atoms with E-state index < -0.39 is 17.0 Å². The van der Waals surface area contributed by atoms with Crippen LogP contribution in [0.4, 0.5) is 4.79 Å². The molecule has 45 heavy (non-hydrogen) atoms. The third kappa shape index (κ3) is 6.92. The van der Waals surface area contributed by atoms with Gasteiger partial charge in [-0.1, -0.05) is 43.5 Å². The highest BCUT2D eigenvalue weighted by Crippen LogP contribution is 2.41. The van der Waals surface area contributed by atoms with Crippen LogP contribution < -0.4 is 4.74 Å². The highest BCUT2D eigenvalue weighted by Gasteiger charge is 2.39. The molecule has 0 radical (unpaired) electrons. The number of carbonyl (C=O) groups excluding carboxylic acids is 2. The summed E-state index contributed by atoms with van der Waals surface area (Å²) in [5.41, 5.74) is 2.06. The van der Waals surface area contributed by atoms with Gasteiger partial charge in [0, 0.05) is 18.7 Å². The molecule has 1 amide bonds. The number of hydrogen-bond donors (Lipinski definition) is 0. The molecule has 3 heterocycles. The Morgan fingerprint density at radius 2 is 1.76 bits per heavy atom. The molecule has 0 N–H and O–H groups in total. The van der Waals surface area contributed by atoms with Gasteiger partial charge >= 0.3 is 12.1 Å². The van der Waals surface area contributed by atoms with Gasteiger partial charge in [-0.15, -0.1) is 5.10 Å². The molecular weight excluding hydrogens is 570 g/mol. The fraction of sp³-hybridized carbons (Fsp3) is 0.571. The van der Waals surface area contributed by atoms with Crippen molar-refractivity contribution in [1.29, 1.82) is 5.26 Å². The Hall–Kier alpha value is -4.13.